The van der Waals surface area contributed by atoms with Gasteiger partial charge in [-0.05, 0) is 30.5 Å². The Morgan fingerprint density at radius 2 is 2.04 bits per heavy atom. The molecular weight excluding hydrogens is 360 g/mol. The molecule has 7 heteroatoms. The number of ketones is 1. The standard InChI is InChI=1S/C20H22N4O2S/c1-3-11(2)27-20-23-18-17(19(26)24-20)15(12-7-9-21-10-8-12)16-13(22-18)5-4-6-14(16)25/h5,7-11,15-16H,3-4,6H2,1-2H3,(H2,22,23,24,26)/t11-,15-,16-/m1/s1. The summed E-state index contributed by atoms with van der Waals surface area (Å²) in [6, 6.07) is 3.75. The number of rotatable bonds is 4. The van der Waals surface area contributed by atoms with Crippen molar-refractivity contribution >= 4 is 23.4 Å². The number of nitrogens with one attached hydrogen (secondary N) is 2. The van der Waals surface area contributed by atoms with Crippen LogP contribution in [0, 0.1) is 5.92 Å². The Morgan fingerprint density at radius 3 is 2.78 bits per heavy atom. The number of hydrogen-bond acceptors (Lipinski definition) is 6. The van der Waals surface area contributed by atoms with Crippen LogP contribution in [-0.2, 0) is 4.79 Å². The van der Waals surface area contributed by atoms with Crippen LogP contribution in [0.5, 0.6) is 0 Å². The molecule has 0 spiro atoms. The lowest BCUT2D eigenvalue weighted by Gasteiger charge is -2.36. The van der Waals surface area contributed by atoms with E-state index in [0.717, 1.165) is 17.7 Å². The lowest BCUT2D eigenvalue weighted by molar-refractivity contribution is -0.122. The summed E-state index contributed by atoms with van der Waals surface area (Å²) in [6.07, 6.45) is 7.66. The van der Waals surface area contributed by atoms with Gasteiger partial charge < -0.3 is 10.3 Å². The molecule has 0 unspecified atom stereocenters. The smallest absolute Gasteiger partial charge is 0.257 e. The van der Waals surface area contributed by atoms with Gasteiger partial charge in [-0.3, -0.25) is 14.6 Å². The van der Waals surface area contributed by atoms with Crippen LogP contribution in [-0.4, -0.2) is 26.0 Å². The summed E-state index contributed by atoms with van der Waals surface area (Å²) in [4.78, 5) is 37.5. The highest BCUT2D eigenvalue weighted by Crippen LogP contribution is 2.44. The minimum atomic E-state index is -0.371. The number of aromatic nitrogens is 3. The molecule has 0 aromatic carbocycles. The van der Waals surface area contributed by atoms with Crippen LogP contribution in [0.4, 0.5) is 5.82 Å². The molecule has 0 fully saturated rings. The van der Waals surface area contributed by atoms with E-state index in [1.807, 2.05) is 12.1 Å². The summed E-state index contributed by atoms with van der Waals surface area (Å²) in [7, 11) is 0. The molecule has 140 valence electrons. The minimum Gasteiger partial charge on any atom is -0.343 e. The van der Waals surface area contributed by atoms with Gasteiger partial charge in [0.15, 0.2) is 5.16 Å². The second-order valence-corrected chi connectivity index (χ2v) is 8.42. The zero-order valence-electron chi connectivity index (χ0n) is 15.4. The highest BCUT2D eigenvalue weighted by molar-refractivity contribution is 7.99. The first-order valence-electron chi connectivity index (χ1n) is 9.29. The van der Waals surface area contributed by atoms with Crippen LogP contribution in [0.2, 0.25) is 0 Å². The minimum absolute atomic E-state index is 0.157. The molecule has 2 aromatic rings. The number of thioether (sulfide) groups is 1. The Bertz CT molecular complexity index is 954. The number of hydrogen-bond donors (Lipinski definition) is 2. The number of pyridine rings is 1. The van der Waals surface area contributed by atoms with Gasteiger partial charge in [0.2, 0.25) is 0 Å². The highest BCUT2D eigenvalue weighted by atomic mass is 32.2. The maximum absolute atomic E-state index is 13.0. The molecule has 0 amide bonds. The molecule has 2 aliphatic rings. The number of Topliss-reactive ketones (excluding diaryl/α,β-unsaturated/α-hetero) is 1. The number of nitrogens with zero attached hydrogens (tertiary/aromatic N) is 2. The third-order valence-corrected chi connectivity index (χ3v) is 6.38. The van der Waals surface area contributed by atoms with E-state index in [-0.39, 0.29) is 23.2 Å². The summed E-state index contributed by atoms with van der Waals surface area (Å²) in [5.41, 5.74) is 2.12. The number of H-pyrrole nitrogens is 1. The molecule has 2 N–H and O–H groups in total. The molecular formula is C20H22N4O2S. The number of aromatic amines is 1. The van der Waals surface area contributed by atoms with Crippen LogP contribution >= 0.6 is 11.8 Å². The average Bonchev–Trinajstić information content (AvgIpc) is 2.67. The van der Waals surface area contributed by atoms with Crippen molar-refractivity contribution in [2.24, 2.45) is 5.92 Å². The van der Waals surface area contributed by atoms with Gasteiger partial charge in [0, 0.05) is 35.7 Å². The van der Waals surface area contributed by atoms with Crippen LogP contribution < -0.4 is 10.9 Å². The van der Waals surface area contributed by atoms with Crippen molar-refractivity contribution in [3.8, 4) is 0 Å². The van der Waals surface area contributed by atoms with Crippen LogP contribution in [0.25, 0.3) is 0 Å². The number of allylic oxidation sites excluding steroid dienone is 2. The SMILES string of the molecule is CC[C@@H](C)Sc1nc2c(c(=O)[nH]1)[C@H](c1ccncc1)[C@H]1C(=O)CCC=C1N2. The molecule has 1 aliphatic heterocycles. The van der Waals surface area contributed by atoms with Crippen molar-refractivity contribution in [2.45, 2.75) is 49.4 Å². The molecule has 0 radical (unpaired) electrons. The summed E-state index contributed by atoms with van der Waals surface area (Å²) in [6.45, 7) is 4.21. The van der Waals surface area contributed by atoms with Gasteiger partial charge >= 0.3 is 0 Å². The summed E-state index contributed by atoms with van der Waals surface area (Å²) < 4.78 is 0. The zero-order chi connectivity index (χ0) is 19.0. The number of anilines is 1. The summed E-state index contributed by atoms with van der Waals surface area (Å²) >= 11 is 1.55. The molecule has 6 nitrogen and oxygen atoms in total. The van der Waals surface area contributed by atoms with Gasteiger partial charge in [0.05, 0.1) is 11.5 Å². The van der Waals surface area contributed by atoms with Crippen LogP contribution in [0.3, 0.4) is 0 Å². The van der Waals surface area contributed by atoms with Crippen LogP contribution in [0.15, 0.2) is 46.3 Å². The predicted molar refractivity (Wildman–Crippen MR) is 106 cm³/mol. The van der Waals surface area contributed by atoms with E-state index < -0.39 is 0 Å². The van der Waals surface area contributed by atoms with Gasteiger partial charge in [0.25, 0.3) is 5.56 Å². The second-order valence-electron chi connectivity index (χ2n) is 7.00. The zero-order valence-corrected chi connectivity index (χ0v) is 16.2. The van der Waals surface area contributed by atoms with E-state index in [0.29, 0.717) is 34.6 Å². The highest BCUT2D eigenvalue weighted by Gasteiger charge is 2.42. The molecule has 0 saturated carbocycles. The van der Waals surface area contributed by atoms with Crippen LogP contribution in [0.1, 0.15) is 50.2 Å². The van der Waals surface area contributed by atoms with E-state index in [2.05, 4.69) is 40.2 Å². The lowest BCUT2D eigenvalue weighted by atomic mass is 9.72. The van der Waals surface area contributed by atoms with E-state index in [4.69, 9.17) is 0 Å². The van der Waals surface area contributed by atoms with Gasteiger partial charge in [-0.15, -0.1) is 0 Å². The van der Waals surface area contributed by atoms with E-state index >= 15 is 0 Å². The fourth-order valence-electron chi connectivity index (χ4n) is 3.73. The van der Waals surface area contributed by atoms with E-state index in [1.165, 1.54) is 0 Å². The molecule has 3 heterocycles. The Kier molecular flexibility index (Phi) is 4.86. The fourth-order valence-corrected chi connectivity index (χ4v) is 4.57. The molecule has 27 heavy (non-hydrogen) atoms. The quantitative estimate of drug-likeness (QED) is 0.622. The molecule has 0 saturated heterocycles. The summed E-state index contributed by atoms with van der Waals surface area (Å²) in [5.74, 6) is 0.000279. The fraction of sp³-hybridized carbons (Fsp3) is 0.400. The van der Waals surface area contributed by atoms with Crippen molar-refractivity contribution in [3.05, 3.63) is 57.8 Å². The molecule has 2 aromatic heterocycles. The maximum atomic E-state index is 13.0. The predicted octanol–water partition coefficient (Wildman–Crippen LogP) is 3.48. The van der Waals surface area contributed by atoms with Crippen molar-refractivity contribution in [3.63, 3.8) is 0 Å². The Hall–Kier alpha value is -2.41. The molecule has 4 rings (SSSR count). The monoisotopic (exact) mass is 382 g/mol. The Balaban J connectivity index is 1.88. The van der Waals surface area contributed by atoms with E-state index in [9.17, 15) is 9.59 Å². The summed E-state index contributed by atoms with van der Waals surface area (Å²) in [5, 5.41) is 4.24. The molecule has 1 aliphatic carbocycles. The van der Waals surface area contributed by atoms with Gasteiger partial charge in [-0.1, -0.05) is 31.7 Å². The van der Waals surface area contributed by atoms with Crippen molar-refractivity contribution < 1.29 is 4.79 Å². The first-order valence-corrected chi connectivity index (χ1v) is 10.2. The lowest BCUT2D eigenvalue weighted by Crippen LogP contribution is -2.38. The van der Waals surface area contributed by atoms with Crippen molar-refractivity contribution in [1.29, 1.82) is 0 Å². The van der Waals surface area contributed by atoms with Gasteiger partial charge in [-0.25, -0.2) is 4.98 Å². The van der Waals surface area contributed by atoms with Crippen molar-refractivity contribution in [2.75, 3.05) is 5.32 Å². The topological polar surface area (TPSA) is 87.7 Å². The van der Waals surface area contributed by atoms with E-state index in [1.54, 1.807) is 24.2 Å². The Morgan fingerprint density at radius 1 is 1.26 bits per heavy atom. The third-order valence-electron chi connectivity index (χ3n) is 5.23. The van der Waals surface area contributed by atoms with Gasteiger partial charge in [-0.2, -0.15) is 0 Å². The molecule has 3 atom stereocenters. The van der Waals surface area contributed by atoms with Crippen molar-refractivity contribution in [1.82, 2.24) is 15.0 Å². The number of carbonyl (C=O) groups excluding carboxylic acids is 1. The van der Waals surface area contributed by atoms with Gasteiger partial charge in [0.1, 0.15) is 11.6 Å². The normalized spacial score (nSPS) is 22.3. The Labute approximate surface area is 161 Å². The third kappa shape index (κ3) is 3.32. The maximum Gasteiger partial charge on any atom is 0.257 e. The molecule has 0 bridgehead atoms. The first-order chi connectivity index (χ1) is 13.1. The average molecular weight is 382 g/mol. The second kappa shape index (κ2) is 7.31. The first kappa shape index (κ1) is 18.0. The largest absolute Gasteiger partial charge is 0.343 e. The number of fused-ring (bicyclic) bond motifs is 2. The number of carbonyl (C=O) groups is 1.